The average Bonchev–Trinajstić information content (AvgIpc) is 2.75. The first-order valence-electron chi connectivity index (χ1n) is 5.75. The molecule has 2 rings (SSSR count). The molecule has 1 aromatic carbocycles. The third-order valence-electron chi connectivity index (χ3n) is 3.23. The fraction of sp³-hybridized carbons (Fsp3) is 0.538. The summed E-state index contributed by atoms with van der Waals surface area (Å²) in [5, 5.41) is 0.862. The van der Waals surface area contributed by atoms with Crippen LogP contribution in [0.3, 0.4) is 0 Å². The fourth-order valence-electron chi connectivity index (χ4n) is 2.13. The van der Waals surface area contributed by atoms with Gasteiger partial charge in [0.05, 0.1) is 0 Å². The van der Waals surface area contributed by atoms with Crippen molar-refractivity contribution in [3.05, 3.63) is 34.3 Å². The van der Waals surface area contributed by atoms with Gasteiger partial charge in [-0.15, -0.1) is 0 Å². The predicted octanol–water partition coefficient (Wildman–Crippen LogP) is 3.27. The van der Waals surface area contributed by atoms with Crippen LogP contribution in [0, 0.1) is 12.8 Å². The van der Waals surface area contributed by atoms with E-state index < -0.39 is 0 Å². The summed E-state index contributed by atoms with van der Waals surface area (Å²) >= 11 is 8.23. The smallest absolute Gasteiger partial charge is 0.0441 e. The molecule has 1 fully saturated rings. The van der Waals surface area contributed by atoms with Gasteiger partial charge in [0.2, 0.25) is 0 Å². The molecule has 16 heavy (non-hydrogen) atoms. The number of rotatable bonds is 3. The first-order valence-corrected chi connectivity index (χ1v) is 7.28. The Morgan fingerprint density at radius 1 is 1.56 bits per heavy atom. The Hall–Kier alpha value is -0.180. The van der Waals surface area contributed by atoms with E-state index in [9.17, 15) is 0 Å². The highest BCUT2D eigenvalue weighted by Crippen LogP contribution is 2.28. The largest absolute Gasteiger partial charge is 0.327 e. The van der Waals surface area contributed by atoms with Crippen molar-refractivity contribution in [3.63, 3.8) is 0 Å². The minimum Gasteiger partial charge on any atom is -0.327 e. The van der Waals surface area contributed by atoms with Crippen LogP contribution in [0.1, 0.15) is 17.5 Å². The van der Waals surface area contributed by atoms with Gasteiger partial charge in [-0.25, -0.2) is 0 Å². The van der Waals surface area contributed by atoms with E-state index in [1.807, 2.05) is 17.8 Å². The van der Waals surface area contributed by atoms with Crippen molar-refractivity contribution >= 4 is 23.4 Å². The van der Waals surface area contributed by atoms with Crippen molar-refractivity contribution in [1.29, 1.82) is 0 Å². The minimum atomic E-state index is 0.259. The van der Waals surface area contributed by atoms with Crippen molar-refractivity contribution in [1.82, 2.24) is 0 Å². The van der Waals surface area contributed by atoms with E-state index in [1.54, 1.807) is 0 Å². The van der Waals surface area contributed by atoms with Crippen LogP contribution >= 0.6 is 23.4 Å². The molecular formula is C13H18ClNS. The molecule has 1 aliphatic heterocycles. The van der Waals surface area contributed by atoms with Crippen LogP contribution in [0.5, 0.6) is 0 Å². The number of hydrogen-bond donors (Lipinski definition) is 1. The Morgan fingerprint density at radius 3 is 3.00 bits per heavy atom. The molecule has 2 unspecified atom stereocenters. The van der Waals surface area contributed by atoms with Crippen LogP contribution < -0.4 is 5.73 Å². The number of hydrogen-bond acceptors (Lipinski definition) is 2. The van der Waals surface area contributed by atoms with Gasteiger partial charge in [-0.3, -0.25) is 0 Å². The van der Waals surface area contributed by atoms with Crippen molar-refractivity contribution < 1.29 is 0 Å². The van der Waals surface area contributed by atoms with Gasteiger partial charge < -0.3 is 5.73 Å². The number of benzene rings is 1. The van der Waals surface area contributed by atoms with E-state index in [-0.39, 0.29) is 6.04 Å². The Bertz CT molecular complexity index is 361. The Kier molecular flexibility index (Phi) is 4.17. The second-order valence-corrected chi connectivity index (χ2v) is 6.14. The molecule has 88 valence electrons. The molecule has 1 nitrogen and oxygen atoms in total. The van der Waals surface area contributed by atoms with E-state index >= 15 is 0 Å². The normalized spacial score (nSPS) is 22.3. The molecule has 0 radical (unpaired) electrons. The maximum atomic E-state index is 6.25. The number of halogens is 1. The molecule has 1 heterocycles. The molecule has 0 saturated carbocycles. The van der Waals surface area contributed by atoms with Crippen LogP contribution in [0.2, 0.25) is 5.02 Å². The summed E-state index contributed by atoms with van der Waals surface area (Å²) in [7, 11) is 0. The molecule has 1 aliphatic rings. The van der Waals surface area contributed by atoms with Gasteiger partial charge in [-0.05, 0) is 54.4 Å². The van der Waals surface area contributed by atoms with Gasteiger partial charge in [0.1, 0.15) is 0 Å². The Balaban J connectivity index is 2.02. The van der Waals surface area contributed by atoms with Gasteiger partial charge >= 0.3 is 0 Å². The summed E-state index contributed by atoms with van der Waals surface area (Å²) in [6, 6.07) is 6.50. The quantitative estimate of drug-likeness (QED) is 0.897. The molecule has 0 aromatic heterocycles. The molecule has 2 atom stereocenters. The Labute approximate surface area is 107 Å². The van der Waals surface area contributed by atoms with Crippen LogP contribution in [-0.4, -0.2) is 17.5 Å². The first-order chi connectivity index (χ1) is 7.66. The SMILES string of the molecule is Cc1ccc(CC(N)C2CCSC2)c(Cl)c1. The number of nitrogens with two attached hydrogens (primary N) is 1. The summed E-state index contributed by atoms with van der Waals surface area (Å²) in [4.78, 5) is 0. The van der Waals surface area contributed by atoms with Gasteiger partial charge in [0, 0.05) is 11.1 Å². The second-order valence-electron chi connectivity index (χ2n) is 4.59. The van der Waals surface area contributed by atoms with Crippen molar-refractivity contribution in [3.8, 4) is 0 Å². The minimum absolute atomic E-state index is 0.259. The highest BCUT2D eigenvalue weighted by molar-refractivity contribution is 7.99. The zero-order chi connectivity index (χ0) is 11.5. The van der Waals surface area contributed by atoms with E-state index in [0.29, 0.717) is 5.92 Å². The monoisotopic (exact) mass is 255 g/mol. The van der Waals surface area contributed by atoms with Gasteiger partial charge in [-0.2, -0.15) is 11.8 Å². The summed E-state index contributed by atoms with van der Waals surface area (Å²) in [5.41, 5.74) is 8.64. The fourth-order valence-corrected chi connectivity index (χ4v) is 3.79. The van der Waals surface area contributed by atoms with Crippen LogP contribution in [-0.2, 0) is 6.42 Å². The molecular weight excluding hydrogens is 238 g/mol. The lowest BCUT2D eigenvalue weighted by Gasteiger charge is -2.18. The van der Waals surface area contributed by atoms with Gasteiger partial charge in [0.25, 0.3) is 0 Å². The molecule has 0 spiro atoms. The number of aryl methyl sites for hydroxylation is 1. The summed E-state index contributed by atoms with van der Waals surface area (Å²) in [6.07, 6.45) is 2.17. The topological polar surface area (TPSA) is 26.0 Å². The molecule has 0 aliphatic carbocycles. The number of thioether (sulfide) groups is 1. The van der Waals surface area contributed by atoms with E-state index in [2.05, 4.69) is 19.1 Å². The van der Waals surface area contributed by atoms with Gasteiger partial charge in [0.15, 0.2) is 0 Å². The molecule has 1 saturated heterocycles. The van der Waals surface area contributed by atoms with Gasteiger partial charge in [-0.1, -0.05) is 23.7 Å². The third kappa shape index (κ3) is 2.93. The Morgan fingerprint density at radius 2 is 2.38 bits per heavy atom. The predicted molar refractivity (Wildman–Crippen MR) is 73.3 cm³/mol. The molecule has 0 amide bonds. The lowest BCUT2D eigenvalue weighted by molar-refractivity contribution is 0.463. The third-order valence-corrected chi connectivity index (χ3v) is 4.77. The lowest BCUT2D eigenvalue weighted by Crippen LogP contribution is -2.32. The standard InChI is InChI=1S/C13H18ClNS/c1-9-2-3-10(12(14)6-9)7-13(15)11-4-5-16-8-11/h2-3,6,11,13H,4-5,7-8,15H2,1H3. The van der Waals surface area contributed by atoms with Crippen LogP contribution in [0.15, 0.2) is 18.2 Å². The molecule has 3 heteroatoms. The molecule has 2 N–H and O–H groups in total. The summed E-state index contributed by atoms with van der Waals surface area (Å²) in [5.74, 6) is 3.15. The zero-order valence-corrected chi connectivity index (χ0v) is 11.2. The van der Waals surface area contributed by atoms with E-state index in [4.69, 9.17) is 17.3 Å². The zero-order valence-electron chi connectivity index (χ0n) is 9.58. The maximum absolute atomic E-state index is 6.25. The van der Waals surface area contributed by atoms with Crippen LogP contribution in [0.25, 0.3) is 0 Å². The second kappa shape index (κ2) is 5.44. The first kappa shape index (κ1) is 12.3. The van der Waals surface area contributed by atoms with Crippen molar-refractivity contribution in [2.45, 2.75) is 25.8 Å². The van der Waals surface area contributed by atoms with E-state index in [0.717, 1.165) is 11.4 Å². The average molecular weight is 256 g/mol. The summed E-state index contributed by atoms with van der Waals surface area (Å²) in [6.45, 7) is 2.06. The summed E-state index contributed by atoms with van der Waals surface area (Å²) < 4.78 is 0. The highest BCUT2D eigenvalue weighted by Gasteiger charge is 2.23. The maximum Gasteiger partial charge on any atom is 0.0441 e. The molecule has 0 bridgehead atoms. The van der Waals surface area contributed by atoms with Crippen LogP contribution in [0.4, 0.5) is 0 Å². The highest BCUT2D eigenvalue weighted by atomic mass is 35.5. The van der Waals surface area contributed by atoms with E-state index in [1.165, 1.54) is 29.1 Å². The van der Waals surface area contributed by atoms with Crippen molar-refractivity contribution in [2.75, 3.05) is 11.5 Å². The lowest BCUT2D eigenvalue weighted by atomic mass is 9.93. The van der Waals surface area contributed by atoms with Crippen molar-refractivity contribution in [2.24, 2.45) is 11.7 Å². The molecule has 1 aromatic rings.